The van der Waals surface area contributed by atoms with Crippen LogP contribution < -0.4 is 4.90 Å². The van der Waals surface area contributed by atoms with E-state index in [9.17, 15) is 0 Å². The number of benzene rings is 1. The van der Waals surface area contributed by atoms with Gasteiger partial charge in [-0.25, -0.2) is 0 Å². The highest BCUT2D eigenvalue weighted by molar-refractivity contribution is 6.17. The highest BCUT2D eigenvalue weighted by atomic mass is 35.5. The number of nitrogens with zero attached hydrogens (tertiary/aromatic N) is 1. The molecule has 0 aliphatic rings. The Morgan fingerprint density at radius 2 is 1.88 bits per heavy atom. The predicted octanol–water partition coefficient (Wildman–Crippen LogP) is 3.08. The fraction of sp³-hybridized carbons (Fsp3) is 0.538. The Kier molecular flexibility index (Phi) is 6.27. The van der Waals surface area contributed by atoms with E-state index < -0.39 is 0 Å². The van der Waals surface area contributed by atoms with Gasteiger partial charge in [-0.3, -0.25) is 0 Å². The molecule has 0 aromatic heterocycles. The number of hydrogen-bond donors (Lipinski definition) is 0. The van der Waals surface area contributed by atoms with Crippen molar-refractivity contribution in [2.45, 2.75) is 13.8 Å². The number of halogens is 1. The maximum atomic E-state index is 5.55. The van der Waals surface area contributed by atoms with Crippen molar-refractivity contribution in [2.75, 3.05) is 37.1 Å². The molecule has 0 radical (unpaired) electrons. The average molecular weight is 242 g/mol. The molecule has 16 heavy (non-hydrogen) atoms. The Morgan fingerprint density at radius 3 is 2.44 bits per heavy atom. The van der Waals surface area contributed by atoms with Crippen molar-refractivity contribution in [3.05, 3.63) is 29.8 Å². The Balaban J connectivity index is 2.44. The quantitative estimate of drug-likeness (QED) is 0.537. The van der Waals surface area contributed by atoms with Gasteiger partial charge in [0.2, 0.25) is 0 Å². The molecule has 0 amide bonds. The van der Waals surface area contributed by atoms with Gasteiger partial charge >= 0.3 is 0 Å². The van der Waals surface area contributed by atoms with Gasteiger partial charge in [-0.15, -0.1) is 11.6 Å². The molecule has 0 saturated heterocycles. The molecule has 0 saturated carbocycles. The zero-order valence-corrected chi connectivity index (χ0v) is 10.8. The molecule has 2 nitrogen and oxygen atoms in total. The summed E-state index contributed by atoms with van der Waals surface area (Å²) in [5.74, 6) is 0.566. The van der Waals surface area contributed by atoms with Gasteiger partial charge in [0, 0.05) is 24.7 Å². The van der Waals surface area contributed by atoms with Crippen LogP contribution in [0.4, 0.5) is 5.69 Å². The normalized spacial score (nSPS) is 10.4. The number of hydrogen-bond acceptors (Lipinski definition) is 2. The van der Waals surface area contributed by atoms with Gasteiger partial charge in [-0.1, -0.05) is 17.7 Å². The highest BCUT2D eigenvalue weighted by Gasteiger charge is 2.03. The summed E-state index contributed by atoms with van der Waals surface area (Å²) in [6, 6.07) is 8.58. The molecule has 1 aromatic carbocycles. The molecule has 0 spiro atoms. The minimum Gasteiger partial charge on any atom is -0.378 e. The largest absolute Gasteiger partial charge is 0.378 e. The van der Waals surface area contributed by atoms with Crippen LogP contribution in [0.25, 0.3) is 0 Å². The van der Waals surface area contributed by atoms with Gasteiger partial charge in [0.1, 0.15) is 0 Å². The Bertz CT molecular complexity index is 286. The smallest absolute Gasteiger partial charge is 0.0642 e. The molecule has 1 aromatic rings. The van der Waals surface area contributed by atoms with Crippen molar-refractivity contribution in [3.8, 4) is 0 Å². The van der Waals surface area contributed by atoms with Gasteiger partial charge in [-0.05, 0) is 26.0 Å². The van der Waals surface area contributed by atoms with Crippen molar-refractivity contribution in [2.24, 2.45) is 0 Å². The molecule has 0 bridgehead atoms. The van der Waals surface area contributed by atoms with E-state index in [4.69, 9.17) is 16.3 Å². The average Bonchev–Trinajstić information content (AvgIpc) is 2.31. The lowest BCUT2D eigenvalue weighted by atomic mass is 10.2. The maximum Gasteiger partial charge on any atom is 0.0642 e. The molecule has 0 aliphatic heterocycles. The SMILES string of the molecule is CCN(CCOCCCl)c1ccc(C)cc1. The lowest BCUT2D eigenvalue weighted by Crippen LogP contribution is -2.27. The first kappa shape index (κ1) is 13.3. The van der Waals surface area contributed by atoms with E-state index in [-0.39, 0.29) is 0 Å². The highest BCUT2D eigenvalue weighted by Crippen LogP contribution is 2.14. The summed E-state index contributed by atoms with van der Waals surface area (Å²) in [5, 5.41) is 0. The second-order valence-electron chi connectivity index (χ2n) is 3.72. The Hall–Kier alpha value is -0.730. The number of ether oxygens (including phenoxy) is 1. The van der Waals surface area contributed by atoms with Crippen LogP contribution in [-0.2, 0) is 4.74 Å². The molecule has 0 heterocycles. The first-order valence-electron chi connectivity index (χ1n) is 5.73. The van der Waals surface area contributed by atoms with E-state index in [1.165, 1.54) is 11.3 Å². The third-order valence-corrected chi connectivity index (χ3v) is 2.66. The number of aryl methyl sites for hydroxylation is 1. The van der Waals surface area contributed by atoms with Gasteiger partial charge in [0.15, 0.2) is 0 Å². The number of anilines is 1. The van der Waals surface area contributed by atoms with Crippen LogP contribution in [0.15, 0.2) is 24.3 Å². The summed E-state index contributed by atoms with van der Waals surface area (Å²) in [5.41, 5.74) is 2.54. The van der Waals surface area contributed by atoms with Gasteiger partial charge in [0.05, 0.1) is 13.2 Å². The molecule has 0 atom stereocenters. The second kappa shape index (κ2) is 7.53. The third kappa shape index (κ3) is 4.42. The lowest BCUT2D eigenvalue weighted by molar-refractivity contribution is 0.156. The minimum absolute atomic E-state index is 0.566. The zero-order valence-electron chi connectivity index (χ0n) is 10.1. The van der Waals surface area contributed by atoms with Crippen LogP contribution >= 0.6 is 11.6 Å². The van der Waals surface area contributed by atoms with Crippen LogP contribution in [0.2, 0.25) is 0 Å². The molecule has 3 heteroatoms. The van der Waals surface area contributed by atoms with Crippen LogP contribution in [0, 0.1) is 6.92 Å². The lowest BCUT2D eigenvalue weighted by Gasteiger charge is -2.23. The van der Waals surface area contributed by atoms with Gasteiger partial charge in [0.25, 0.3) is 0 Å². The van der Waals surface area contributed by atoms with Crippen LogP contribution in [0.5, 0.6) is 0 Å². The summed E-state index contributed by atoms with van der Waals surface area (Å²) in [6.45, 7) is 7.52. The zero-order chi connectivity index (χ0) is 11.8. The van der Waals surface area contributed by atoms with E-state index in [2.05, 4.69) is 43.0 Å². The molecule has 1 rings (SSSR count). The molecule has 0 N–H and O–H groups in total. The number of rotatable bonds is 7. The monoisotopic (exact) mass is 241 g/mol. The Labute approximate surface area is 103 Å². The van der Waals surface area contributed by atoms with Crippen molar-refractivity contribution in [1.82, 2.24) is 0 Å². The molecule has 90 valence electrons. The van der Waals surface area contributed by atoms with Gasteiger partial charge < -0.3 is 9.64 Å². The first-order valence-corrected chi connectivity index (χ1v) is 6.26. The third-order valence-electron chi connectivity index (χ3n) is 2.51. The first-order chi connectivity index (χ1) is 7.77. The second-order valence-corrected chi connectivity index (χ2v) is 4.09. The van der Waals surface area contributed by atoms with Crippen molar-refractivity contribution in [3.63, 3.8) is 0 Å². The fourth-order valence-electron chi connectivity index (χ4n) is 1.56. The predicted molar refractivity (Wildman–Crippen MR) is 70.6 cm³/mol. The molecular weight excluding hydrogens is 222 g/mol. The molecular formula is C13H20ClNO. The minimum atomic E-state index is 0.566. The standard InChI is InChI=1S/C13H20ClNO/c1-3-15(9-11-16-10-8-14)13-6-4-12(2)5-7-13/h4-7H,3,8-11H2,1-2H3. The van der Waals surface area contributed by atoms with Gasteiger partial charge in [-0.2, -0.15) is 0 Å². The van der Waals surface area contributed by atoms with Crippen LogP contribution in [-0.4, -0.2) is 32.2 Å². The van der Waals surface area contributed by atoms with Crippen LogP contribution in [0.3, 0.4) is 0 Å². The molecule has 0 aliphatic carbocycles. The van der Waals surface area contributed by atoms with E-state index in [1.807, 2.05) is 0 Å². The van der Waals surface area contributed by atoms with Crippen molar-refractivity contribution >= 4 is 17.3 Å². The fourth-order valence-corrected chi connectivity index (χ4v) is 1.67. The maximum absolute atomic E-state index is 5.55. The van der Waals surface area contributed by atoms with E-state index >= 15 is 0 Å². The van der Waals surface area contributed by atoms with E-state index in [0.717, 1.165) is 19.7 Å². The molecule has 0 fully saturated rings. The number of likely N-dealkylation sites (N-methyl/N-ethyl adjacent to an activating group) is 1. The number of alkyl halides is 1. The summed E-state index contributed by atoms with van der Waals surface area (Å²) >= 11 is 5.55. The van der Waals surface area contributed by atoms with Crippen LogP contribution in [0.1, 0.15) is 12.5 Å². The summed E-state index contributed by atoms with van der Waals surface area (Å²) < 4.78 is 5.39. The summed E-state index contributed by atoms with van der Waals surface area (Å²) in [6.07, 6.45) is 0. The van der Waals surface area contributed by atoms with E-state index in [0.29, 0.717) is 12.5 Å². The molecule has 0 unspecified atom stereocenters. The topological polar surface area (TPSA) is 12.5 Å². The summed E-state index contributed by atoms with van der Waals surface area (Å²) in [7, 11) is 0. The van der Waals surface area contributed by atoms with Crippen molar-refractivity contribution < 1.29 is 4.74 Å². The Morgan fingerprint density at radius 1 is 1.19 bits per heavy atom. The van der Waals surface area contributed by atoms with E-state index in [1.54, 1.807) is 0 Å². The summed E-state index contributed by atoms with van der Waals surface area (Å²) in [4.78, 5) is 2.30. The van der Waals surface area contributed by atoms with Crippen molar-refractivity contribution in [1.29, 1.82) is 0 Å².